The van der Waals surface area contributed by atoms with Crippen molar-refractivity contribution in [2.75, 3.05) is 23.4 Å². The molecule has 0 unspecified atom stereocenters. The van der Waals surface area contributed by atoms with Gasteiger partial charge in [0.2, 0.25) is 5.13 Å². The summed E-state index contributed by atoms with van der Waals surface area (Å²) in [4.78, 5) is 6.79. The molecule has 2 heterocycles. The molecule has 0 atom stereocenters. The topological polar surface area (TPSA) is 40.5 Å². The molecule has 4 nitrogen and oxygen atoms in total. The average Bonchev–Trinajstić information content (AvgIpc) is 2.94. The second-order valence-corrected chi connectivity index (χ2v) is 7.19. The first kappa shape index (κ1) is 15.5. The first-order valence-electron chi connectivity index (χ1n) is 7.48. The third kappa shape index (κ3) is 3.87. The van der Waals surface area contributed by atoms with E-state index in [-0.39, 0.29) is 0 Å². The van der Waals surface area contributed by atoms with Crippen molar-refractivity contribution >= 4 is 44.3 Å². The van der Waals surface area contributed by atoms with Crippen LogP contribution in [0.5, 0.6) is 0 Å². The van der Waals surface area contributed by atoms with Crippen molar-refractivity contribution in [2.45, 2.75) is 26.2 Å². The summed E-state index contributed by atoms with van der Waals surface area (Å²) in [5.41, 5.74) is 6.40. The Kier molecular flexibility index (Phi) is 5.10. The van der Waals surface area contributed by atoms with Crippen LogP contribution in [0.25, 0.3) is 0 Å². The van der Waals surface area contributed by atoms with Gasteiger partial charge in [0.1, 0.15) is 0 Å². The van der Waals surface area contributed by atoms with Gasteiger partial charge in [-0.1, -0.05) is 15.9 Å². The van der Waals surface area contributed by atoms with Crippen molar-refractivity contribution in [1.82, 2.24) is 4.98 Å². The van der Waals surface area contributed by atoms with Gasteiger partial charge in [-0.2, -0.15) is 5.10 Å². The van der Waals surface area contributed by atoms with Crippen LogP contribution in [-0.2, 0) is 0 Å². The van der Waals surface area contributed by atoms with Gasteiger partial charge in [-0.3, -0.25) is 5.43 Å². The van der Waals surface area contributed by atoms with Crippen LogP contribution in [0.4, 0.5) is 10.8 Å². The van der Waals surface area contributed by atoms with Crippen molar-refractivity contribution in [3.05, 3.63) is 39.3 Å². The van der Waals surface area contributed by atoms with Gasteiger partial charge in [-0.05, 0) is 44.4 Å². The van der Waals surface area contributed by atoms with E-state index in [4.69, 9.17) is 0 Å². The van der Waals surface area contributed by atoms with Gasteiger partial charge >= 0.3 is 0 Å². The molecule has 0 saturated carbocycles. The molecule has 0 radical (unpaired) electrons. The smallest absolute Gasteiger partial charge is 0.203 e. The summed E-state index contributed by atoms with van der Waals surface area (Å²) in [6, 6.07) is 6.38. The minimum Gasteiger partial charge on any atom is -0.371 e. The lowest BCUT2D eigenvalue weighted by molar-refractivity contribution is 0.577. The van der Waals surface area contributed by atoms with E-state index in [2.05, 4.69) is 54.5 Å². The lowest BCUT2D eigenvalue weighted by Gasteiger charge is -2.30. The minimum atomic E-state index is 0.822. The van der Waals surface area contributed by atoms with Crippen LogP contribution in [0.15, 0.2) is 33.2 Å². The molecular weight excluding hydrogens is 360 g/mol. The number of hydrazone groups is 1. The Balaban J connectivity index is 1.77. The number of piperidine rings is 1. The molecule has 1 fully saturated rings. The third-order valence-electron chi connectivity index (χ3n) is 3.67. The number of nitrogens with zero attached hydrogens (tertiary/aromatic N) is 3. The van der Waals surface area contributed by atoms with Gasteiger partial charge in [0, 0.05) is 34.2 Å². The summed E-state index contributed by atoms with van der Waals surface area (Å²) >= 11 is 5.11. The van der Waals surface area contributed by atoms with Crippen LogP contribution in [0, 0.1) is 6.92 Å². The quantitative estimate of drug-likeness (QED) is 0.621. The van der Waals surface area contributed by atoms with Crippen LogP contribution < -0.4 is 10.3 Å². The molecule has 1 aliphatic rings. The fourth-order valence-corrected chi connectivity index (χ4v) is 3.63. The first-order chi connectivity index (χ1) is 10.7. The first-order valence-corrected chi connectivity index (χ1v) is 9.15. The number of aromatic nitrogens is 1. The Morgan fingerprint density at radius 2 is 2.14 bits per heavy atom. The predicted octanol–water partition coefficient (Wildman–Crippen LogP) is 4.65. The van der Waals surface area contributed by atoms with Crippen LogP contribution in [0.3, 0.4) is 0 Å². The lowest BCUT2D eigenvalue weighted by atomic mass is 10.1. The summed E-state index contributed by atoms with van der Waals surface area (Å²) in [5, 5.41) is 7.18. The van der Waals surface area contributed by atoms with Gasteiger partial charge in [0.25, 0.3) is 0 Å². The van der Waals surface area contributed by atoms with E-state index in [0.717, 1.165) is 34.0 Å². The van der Waals surface area contributed by atoms with Gasteiger partial charge in [-0.25, -0.2) is 4.98 Å². The number of nitrogens with one attached hydrogen (secondary N) is 1. The second kappa shape index (κ2) is 7.24. The van der Waals surface area contributed by atoms with Gasteiger partial charge in [-0.15, -0.1) is 11.3 Å². The van der Waals surface area contributed by atoms with E-state index in [1.165, 1.54) is 24.9 Å². The van der Waals surface area contributed by atoms with Gasteiger partial charge in [0.05, 0.1) is 11.9 Å². The van der Waals surface area contributed by atoms with Crippen molar-refractivity contribution in [2.24, 2.45) is 5.10 Å². The summed E-state index contributed by atoms with van der Waals surface area (Å²) in [6.07, 6.45) is 5.75. The van der Waals surface area contributed by atoms with Crippen LogP contribution in [0.1, 0.15) is 30.5 Å². The maximum atomic E-state index is 4.35. The number of hydrogen-bond donors (Lipinski definition) is 1. The van der Waals surface area contributed by atoms with E-state index in [1.807, 2.05) is 18.5 Å². The fourth-order valence-electron chi connectivity index (χ4n) is 2.61. The molecule has 1 saturated heterocycles. The molecule has 116 valence electrons. The highest BCUT2D eigenvalue weighted by Crippen LogP contribution is 2.26. The molecule has 0 amide bonds. The van der Waals surface area contributed by atoms with Crippen molar-refractivity contribution in [3.8, 4) is 0 Å². The highest BCUT2D eigenvalue weighted by Gasteiger charge is 2.13. The Labute approximate surface area is 143 Å². The van der Waals surface area contributed by atoms with E-state index in [1.54, 1.807) is 11.3 Å². The molecule has 0 bridgehead atoms. The summed E-state index contributed by atoms with van der Waals surface area (Å²) in [6.45, 7) is 4.23. The molecule has 1 aromatic carbocycles. The molecule has 2 aromatic rings. The zero-order chi connectivity index (χ0) is 15.4. The normalized spacial score (nSPS) is 15.5. The molecule has 6 heteroatoms. The third-order valence-corrected chi connectivity index (χ3v) is 5.03. The summed E-state index contributed by atoms with van der Waals surface area (Å²) in [7, 11) is 0. The largest absolute Gasteiger partial charge is 0.371 e. The van der Waals surface area contributed by atoms with E-state index in [0.29, 0.717) is 0 Å². The monoisotopic (exact) mass is 378 g/mol. The second-order valence-electron chi connectivity index (χ2n) is 5.41. The number of rotatable bonds is 4. The summed E-state index contributed by atoms with van der Waals surface area (Å²) < 4.78 is 1.07. The van der Waals surface area contributed by atoms with E-state index in [9.17, 15) is 0 Å². The number of hydrogen-bond acceptors (Lipinski definition) is 5. The van der Waals surface area contributed by atoms with E-state index < -0.39 is 0 Å². The standard InChI is InChI=1S/C16H19BrN4S/c1-12-11-22-16(19-12)20-18-10-13-9-14(17)5-6-15(13)21-7-3-2-4-8-21/h5-6,9-11H,2-4,7-8H2,1H3,(H,19,20). The maximum absolute atomic E-state index is 4.35. The number of thiazole rings is 1. The molecule has 3 rings (SSSR count). The average molecular weight is 379 g/mol. The zero-order valence-electron chi connectivity index (χ0n) is 12.6. The Bertz CT molecular complexity index is 662. The molecule has 22 heavy (non-hydrogen) atoms. The van der Waals surface area contributed by atoms with Crippen LogP contribution in [-0.4, -0.2) is 24.3 Å². The SMILES string of the molecule is Cc1csc(NN=Cc2cc(Br)ccc2N2CCCCC2)n1. The predicted molar refractivity (Wildman–Crippen MR) is 98.3 cm³/mol. The van der Waals surface area contributed by atoms with Crippen molar-refractivity contribution in [1.29, 1.82) is 0 Å². The lowest BCUT2D eigenvalue weighted by Crippen LogP contribution is -2.30. The van der Waals surface area contributed by atoms with Gasteiger partial charge in [0.15, 0.2) is 0 Å². The highest BCUT2D eigenvalue weighted by molar-refractivity contribution is 9.10. The highest BCUT2D eigenvalue weighted by atomic mass is 79.9. The zero-order valence-corrected chi connectivity index (χ0v) is 15.0. The number of halogens is 1. The van der Waals surface area contributed by atoms with Crippen LogP contribution >= 0.6 is 27.3 Å². The Morgan fingerprint density at radius 1 is 1.32 bits per heavy atom. The van der Waals surface area contributed by atoms with Crippen LogP contribution in [0.2, 0.25) is 0 Å². The summed E-state index contributed by atoms with van der Waals surface area (Å²) in [5.74, 6) is 0. The Hall–Kier alpha value is -1.40. The molecular formula is C16H19BrN4S. The van der Waals surface area contributed by atoms with Gasteiger partial charge < -0.3 is 4.90 Å². The Morgan fingerprint density at radius 3 is 2.86 bits per heavy atom. The molecule has 1 N–H and O–H groups in total. The maximum Gasteiger partial charge on any atom is 0.203 e. The van der Waals surface area contributed by atoms with E-state index >= 15 is 0 Å². The minimum absolute atomic E-state index is 0.822. The molecule has 0 spiro atoms. The van der Waals surface area contributed by atoms with Crippen molar-refractivity contribution in [3.63, 3.8) is 0 Å². The molecule has 0 aliphatic carbocycles. The molecule has 1 aromatic heterocycles. The number of benzene rings is 1. The fraction of sp³-hybridized carbons (Fsp3) is 0.375. The van der Waals surface area contributed by atoms with Crippen molar-refractivity contribution < 1.29 is 0 Å². The molecule has 1 aliphatic heterocycles. The number of aryl methyl sites for hydroxylation is 1. The number of anilines is 2.